The Labute approximate surface area is 87.9 Å². The Bertz CT molecular complexity index is 191. The fourth-order valence-corrected chi connectivity index (χ4v) is 3.57. The van der Waals surface area contributed by atoms with Crippen LogP contribution in [-0.4, -0.2) is 6.54 Å². The lowest BCUT2D eigenvalue weighted by Gasteiger charge is -2.62. The third-order valence-electron chi connectivity index (χ3n) is 4.81. The molecule has 1 nitrogen and oxygen atoms in total. The quantitative estimate of drug-likeness (QED) is 0.697. The third-order valence-corrected chi connectivity index (χ3v) is 4.81. The second-order valence-corrected chi connectivity index (χ2v) is 5.45. The molecule has 13 heavy (non-hydrogen) atoms. The smallest absolute Gasteiger partial charge is 0.00461 e. The van der Waals surface area contributed by atoms with Crippen LogP contribution in [0.1, 0.15) is 33.6 Å². The molecule has 3 fully saturated rings. The van der Waals surface area contributed by atoms with Crippen LogP contribution >= 0.6 is 12.4 Å². The Morgan fingerprint density at radius 3 is 2.31 bits per heavy atom. The van der Waals surface area contributed by atoms with Crippen molar-refractivity contribution in [3.05, 3.63) is 0 Å². The molecule has 0 aromatic heterocycles. The van der Waals surface area contributed by atoms with Gasteiger partial charge in [0.25, 0.3) is 0 Å². The molecule has 0 aromatic carbocycles. The molecule has 2 heteroatoms. The predicted molar refractivity (Wildman–Crippen MR) is 59.0 cm³/mol. The van der Waals surface area contributed by atoms with Crippen LogP contribution in [0, 0.1) is 29.1 Å². The maximum absolute atomic E-state index is 5.77. The molecule has 0 radical (unpaired) electrons. The second kappa shape index (κ2) is 3.43. The number of halogens is 1. The van der Waals surface area contributed by atoms with Crippen molar-refractivity contribution >= 4 is 12.4 Å². The summed E-state index contributed by atoms with van der Waals surface area (Å²) in [6.45, 7) is 8.19. The van der Waals surface area contributed by atoms with E-state index in [9.17, 15) is 0 Å². The highest BCUT2D eigenvalue weighted by molar-refractivity contribution is 5.85. The zero-order valence-corrected chi connectivity index (χ0v) is 9.73. The summed E-state index contributed by atoms with van der Waals surface area (Å²) in [5, 5.41) is 0. The van der Waals surface area contributed by atoms with Crippen LogP contribution in [0.4, 0.5) is 0 Å². The molecule has 0 heterocycles. The van der Waals surface area contributed by atoms with E-state index in [2.05, 4.69) is 20.8 Å². The van der Waals surface area contributed by atoms with Gasteiger partial charge in [0, 0.05) is 0 Å². The summed E-state index contributed by atoms with van der Waals surface area (Å²) < 4.78 is 0. The average molecular weight is 204 g/mol. The number of hydrogen-bond acceptors (Lipinski definition) is 1. The van der Waals surface area contributed by atoms with Crippen LogP contribution in [0.15, 0.2) is 0 Å². The molecule has 0 aliphatic heterocycles. The van der Waals surface area contributed by atoms with Crippen LogP contribution in [0.3, 0.4) is 0 Å². The monoisotopic (exact) mass is 203 g/mol. The highest BCUT2D eigenvalue weighted by Crippen LogP contribution is 2.62. The first kappa shape index (κ1) is 11.3. The molecule has 4 atom stereocenters. The zero-order valence-electron chi connectivity index (χ0n) is 8.92. The lowest BCUT2D eigenvalue weighted by atomic mass is 9.43. The molecule has 0 spiro atoms. The molecular weight excluding hydrogens is 182 g/mol. The summed E-state index contributed by atoms with van der Waals surface area (Å²) in [4.78, 5) is 0. The lowest BCUT2D eigenvalue weighted by Crippen LogP contribution is -2.56. The van der Waals surface area contributed by atoms with Gasteiger partial charge in [0.15, 0.2) is 0 Å². The first-order valence-corrected chi connectivity index (χ1v) is 5.27. The maximum atomic E-state index is 5.77. The van der Waals surface area contributed by atoms with Gasteiger partial charge in [0.05, 0.1) is 0 Å². The largest absolute Gasteiger partial charge is 0.330 e. The van der Waals surface area contributed by atoms with Gasteiger partial charge in [-0.15, -0.1) is 12.4 Å². The summed E-state index contributed by atoms with van der Waals surface area (Å²) in [6, 6.07) is 0. The molecular formula is C11H22ClN. The minimum Gasteiger partial charge on any atom is -0.330 e. The standard InChI is InChI=1S/C11H21N.ClH/c1-7-8(6-12)4-9-5-10(7)11(9,2)3;/h7-10H,4-6,12H2,1-3H3;1H. The van der Waals surface area contributed by atoms with Crippen molar-refractivity contribution in [3.63, 3.8) is 0 Å². The second-order valence-electron chi connectivity index (χ2n) is 5.45. The predicted octanol–water partition coefficient (Wildman–Crippen LogP) is 2.69. The van der Waals surface area contributed by atoms with Gasteiger partial charge in [-0.1, -0.05) is 20.8 Å². The van der Waals surface area contributed by atoms with E-state index in [1.807, 2.05) is 0 Å². The first-order valence-electron chi connectivity index (χ1n) is 5.27. The van der Waals surface area contributed by atoms with Crippen LogP contribution < -0.4 is 5.73 Å². The molecule has 0 saturated heterocycles. The van der Waals surface area contributed by atoms with E-state index in [0.29, 0.717) is 5.41 Å². The topological polar surface area (TPSA) is 26.0 Å². The Balaban J connectivity index is 0.000000845. The fourth-order valence-electron chi connectivity index (χ4n) is 3.57. The van der Waals surface area contributed by atoms with Crippen LogP contribution in [0.2, 0.25) is 0 Å². The molecule has 2 bridgehead atoms. The van der Waals surface area contributed by atoms with Gasteiger partial charge in [-0.2, -0.15) is 0 Å². The van der Waals surface area contributed by atoms with E-state index in [1.54, 1.807) is 0 Å². The van der Waals surface area contributed by atoms with Gasteiger partial charge >= 0.3 is 0 Å². The van der Waals surface area contributed by atoms with Gasteiger partial charge in [-0.05, 0) is 48.5 Å². The van der Waals surface area contributed by atoms with Crippen molar-refractivity contribution in [1.29, 1.82) is 0 Å². The molecule has 3 saturated carbocycles. The van der Waals surface area contributed by atoms with E-state index in [-0.39, 0.29) is 12.4 Å². The van der Waals surface area contributed by atoms with E-state index in [4.69, 9.17) is 5.73 Å². The van der Waals surface area contributed by atoms with Crippen molar-refractivity contribution in [1.82, 2.24) is 0 Å². The fraction of sp³-hybridized carbons (Fsp3) is 1.00. The highest BCUT2D eigenvalue weighted by Gasteiger charge is 2.55. The summed E-state index contributed by atoms with van der Waals surface area (Å²) in [5.74, 6) is 3.63. The van der Waals surface area contributed by atoms with Crippen molar-refractivity contribution in [2.45, 2.75) is 33.6 Å². The Hall–Kier alpha value is 0.250. The van der Waals surface area contributed by atoms with Gasteiger partial charge in [0.1, 0.15) is 0 Å². The average Bonchev–Trinajstić information content (AvgIpc) is 2.03. The third kappa shape index (κ3) is 1.41. The van der Waals surface area contributed by atoms with Crippen LogP contribution in [-0.2, 0) is 0 Å². The maximum Gasteiger partial charge on any atom is -0.00461 e. The minimum atomic E-state index is 0. The normalized spacial score (nSPS) is 46.2. The van der Waals surface area contributed by atoms with Crippen molar-refractivity contribution < 1.29 is 0 Å². The molecule has 0 amide bonds. The van der Waals surface area contributed by atoms with Gasteiger partial charge in [-0.3, -0.25) is 0 Å². The SMILES string of the molecule is CC1C(CN)CC2CC1C2(C)C.Cl. The number of nitrogens with two attached hydrogens (primary N) is 1. The summed E-state index contributed by atoms with van der Waals surface area (Å²) >= 11 is 0. The Morgan fingerprint density at radius 1 is 1.31 bits per heavy atom. The summed E-state index contributed by atoms with van der Waals surface area (Å²) in [6.07, 6.45) is 2.87. The van der Waals surface area contributed by atoms with Gasteiger partial charge < -0.3 is 5.73 Å². The molecule has 3 aliphatic carbocycles. The molecule has 4 unspecified atom stereocenters. The first-order chi connectivity index (χ1) is 5.57. The lowest BCUT2D eigenvalue weighted by molar-refractivity contribution is -0.126. The summed E-state index contributed by atoms with van der Waals surface area (Å²) in [7, 11) is 0. The minimum absolute atomic E-state index is 0. The van der Waals surface area contributed by atoms with E-state index >= 15 is 0 Å². The van der Waals surface area contributed by atoms with Crippen molar-refractivity contribution in [3.8, 4) is 0 Å². The van der Waals surface area contributed by atoms with Crippen LogP contribution in [0.25, 0.3) is 0 Å². The van der Waals surface area contributed by atoms with E-state index < -0.39 is 0 Å². The van der Waals surface area contributed by atoms with E-state index in [1.165, 1.54) is 12.8 Å². The summed E-state index contributed by atoms with van der Waals surface area (Å²) in [5.41, 5.74) is 6.40. The van der Waals surface area contributed by atoms with E-state index in [0.717, 1.165) is 30.2 Å². The molecule has 3 rings (SSSR count). The number of fused-ring (bicyclic) bond motifs is 2. The number of hydrogen-bond donors (Lipinski definition) is 1. The molecule has 3 aliphatic rings. The van der Waals surface area contributed by atoms with Crippen molar-refractivity contribution in [2.24, 2.45) is 34.8 Å². The van der Waals surface area contributed by atoms with Crippen LogP contribution in [0.5, 0.6) is 0 Å². The zero-order chi connectivity index (χ0) is 8.93. The Morgan fingerprint density at radius 2 is 1.92 bits per heavy atom. The molecule has 78 valence electrons. The molecule has 0 aromatic rings. The highest BCUT2D eigenvalue weighted by atomic mass is 35.5. The van der Waals surface area contributed by atoms with Gasteiger partial charge in [0.2, 0.25) is 0 Å². The number of rotatable bonds is 1. The molecule has 2 N–H and O–H groups in total. The van der Waals surface area contributed by atoms with Gasteiger partial charge in [-0.25, -0.2) is 0 Å². The Kier molecular flexibility index (Phi) is 2.99. The van der Waals surface area contributed by atoms with Crippen molar-refractivity contribution in [2.75, 3.05) is 6.54 Å².